The quantitative estimate of drug-likeness (QED) is 0.546. The van der Waals surface area contributed by atoms with Crippen LogP contribution in [-0.4, -0.2) is 19.6 Å². The van der Waals surface area contributed by atoms with Crippen molar-refractivity contribution in [2.24, 2.45) is 17.6 Å². The number of nitrogens with one attached hydrogen (secondary N) is 1. The molecule has 2 atom stereocenters. The lowest BCUT2D eigenvalue weighted by Gasteiger charge is -2.30. The highest BCUT2D eigenvalue weighted by molar-refractivity contribution is 6.30. The van der Waals surface area contributed by atoms with Crippen LogP contribution in [0.2, 0.25) is 5.02 Å². The third-order valence-electron chi connectivity index (χ3n) is 6.07. The Bertz CT molecular complexity index is 927. The van der Waals surface area contributed by atoms with E-state index in [1.54, 1.807) is 0 Å². The standard InChI is InChI=1S/C26H30ClN3/c27-25-9-11-26(12-10-25)30(18-22-8-4-7-21(13-22)15-28)19-24-17-29-16-23(24)14-20-5-2-1-3-6-20/h1-13,23-24,29H,14-19,28H2/t23-,24+/m1/s1. The van der Waals surface area contributed by atoms with E-state index in [1.807, 2.05) is 12.1 Å². The van der Waals surface area contributed by atoms with Crippen LogP contribution in [0.5, 0.6) is 0 Å². The van der Waals surface area contributed by atoms with Crippen molar-refractivity contribution in [2.75, 3.05) is 24.5 Å². The molecule has 1 saturated heterocycles. The maximum Gasteiger partial charge on any atom is 0.0429 e. The van der Waals surface area contributed by atoms with Crippen molar-refractivity contribution in [3.05, 3.63) is 101 Å². The normalized spacial score (nSPS) is 18.5. The van der Waals surface area contributed by atoms with Crippen LogP contribution in [0.1, 0.15) is 16.7 Å². The van der Waals surface area contributed by atoms with E-state index >= 15 is 0 Å². The monoisotopic (exact) mass is 419 g/mol. The van der Waals surface area contributed by atoms with E-state index in [0.29, 0.717) is 18.4 Å². The van der Waals surface area contributed by atoms with Gasteiger partial charge in [0.1, 0.15) is 0 Å². The summed E-state index contributed by atoms with van der Waals surface area (Å²) in [5.41, 5.74) is 11.0. The Morgan fingerprint density at radius 3 is 2.30 bits per heavy atom. The highest BCUT2D eigenvalue weighted by Crippen LogP contribution is 2.27. The summed E-state index contributed by atoms with van der Waals surface area (Å²) in [4.78, 5) is 2.49. The highest BCUT2D eigenvalue weighted by Gasteiger charge is 2.29. The summed E-state index contributed by atoms with van der Waals surface area (Å²) in [5.74, 6) is 1.23. The minimum Gasteiger partial charge on any atom is -0.367 e. The molecule has 0 aromatic heterocycles. The van der Waals surface area contributed by atoms with Gasteiger partial charge in [-0.3, -0.25) is 0 Å². The Morgan fingerprint density at radius 2 is 1.53 bits per heavy atom. The van der Waals surface area contributed by atoms with E-state index in [4.69, 9.17) is 17.3 Å². The SMILES string of the molecule is NCc1cccc(CN(C[C@@H]2CNC[C@H]2Cc2ccccc2)c2ccc(Cl)cc2)c1. The Kier molecular flexibility index (Phi) is 7.06. The minimum absolute atomic E-state index is 0.570. The molecule has 4 rings (SSSR count). The van der Waals surface area contributed by atoms with Crippen LogP contribution in [0.3, 0.4) is 0 Å². The summed E-state index contributed by atoms with van der Waals surface area (Å²) in [6.45, 7) is 4.59. The molecule has 3 N–H and O–H groups in total. The van der Waals surface area contributed by atoms with E-state index in [-0.39, 0.29) is 0 Å². The van der Waals surface area contributed by atoms with Crippen LogP contribution in [0.4, 0.5) is 5.69 Å². The van der Waals surface area contributed by atoms with Gasteiger partial charge in [0.2, 0.25) is 0 Å². The molecular weight excluding hydrogens is 390 g/mol. The molecule has 0 unspecified atom stereocenters. The second kappa shape index (κ2) is 10.1. The molecule has 3 nitrogen and oxygen atoms in total. The summed E-state index contributed by atoms with van der Waals surface area (Å²) in [5, 5.41) is 4.40. The number of hydrogen-bond acceptors (Lipinski definition) is 3. The van der Waals surface area contributed by atoms with E-state index in [0.717, 1.165) is 37.6 Å². The van der Waals surface area contributed by atoms with Gasteiger partial charge in [-0.1, -0.05) is 66.2 Å². The summed E-state index contributed by atoms with van der Waals surface area (Å²) < 4.78 is 0. The number of nitrogens with zero attached hydrogens (tertiary/aromatic N) is 1. The molecule has 3 aromatic carbocycles. The molecule has 1 aliphatic rings. The number of nitrogens with two attached hydrogens (primary N) is 1. The van der Waals surface area contributed by atoms with E-state index < -0.39 is 0 Å². The van der Waals surface area contributed by atoms with Gasteiger partial charge in [-0.15, -0.1) is 0 Å². The van der Waals surface area contributed by atoms with E-state index in [9.17, 15) is 0 Å². The highest BCUT2D eigenvalue weighted by atomic mass is 35.5. The van der Waals surface area contributed by atoms with Crippen LogP contribution in [0.25, 0.3) is 0 Å². The fraction of sp³-hybridized carbons (Fsp3) is 0.308. The first kappa shape index (κ1) is 20.9. The summed E-state index contributed by atoms with van der Waals surface area (Å²) in [6.07, 6.45) is 1.12. The molecule has 1 heterocycles. The molecule has 0 aliphatic carbocycles. The van der Waals surface area contributed by atoms with Gasteiger partial charge in [0.15, 0.2) is 0 Å². The molecule has 156 valence electrons. The van der Waals surface area contributed by atoms with E-state index in [1.165, 1.54) is 22.4 Å². The lowest BCUT2D eigenvalue weighted by atomic mass is 9.89. The Hall–Kier alpha value is -2.33. The topological polar surface area (TPSA) is 41.3 Å². The minimum atomic E-state index is 0.570. The first-order valence-corrected chi connectivity index (χ1v) is 11.1. The Morgan fingerprint density at radius 1 is 0.833 bits per heavy atom. The summed E-state index contributed by atoms with van der Waals surface area (Å²) >= 11 is 6.16. The van der Waals surface area contributed by atoms with Gasteiger partial charge in [-0.25, -0.2) is 0 Å². The van der Waals surface area contributed by atoms with Crippen molar-refractivity contribution in [3.63, 3.8) is 0 Å². The van der Waals surface area contributed by atoms with Crippen molar-refractivity contribution < 1.29 is 0 Å². The second-order valence-corrected chi connectivity index (χ2v) is 8.69. The van der Waals surface area contributed by atoms with Gasteiger partial charge in [-0.2, -0.15) is 0 Å². The van der Waals surface area contributed by atoms with E-state index in [2.05, 4.69) is 76.9 Å². The fourth-order valence-electron chi connectivity index (χ4n) is 4.43. The van der Waals surface area contributed by atoms with Gasteiger partial charge in [0.25, 0.3) is 0 Å². The smallest absolute Gasteiger partial charge is 0.0429 e. The predicted molar refractivity (Wildman–Crippen MR) is 127 cm³/mol. The number of anilines is 1. The van der Waals surface area contributed by atoms with Gasteiger partial charge in [-0.05, 0) is 72.3 Å². The third kappa shape index (κ3) is 5.42. The fourth-order valence-corrected chi connectivity index (χ4v) is 4.55. The maximum absolute atomic E-state index is 6.16. The zero-order valence-electron chi connectivity index (χ0n) is 17.3. The lowest BCUT2D eigenvalue weighted by molar-refractivity contribution is 0.413. The van der Waals surface area contributed by atoms with Gasteiger partial charge < -0.3 is 16.0 Å². The summed E-state index contributed by atoms with van der Waals surface area (Å²) in [7, 11) is 0. The number of hydrogen-bond donors (Lipinski definition) is 2. The molecule has 0 saturated carbocycles. The first-order valence-electron chi connectivity index (χ1n) is 10.7. The molecule has 0 radical (unpaired) electrons. The lowest BCUT2D eigenvalue weighted by Crippen LogP contribution is -2.33. The third-order valence-corrected chi connectivity index (χ3v) is 6.32. The number of halogens is 1. The Labute approximate surface area is 184 Å². The van der Waals surface area contributed by atoms with Crippen molar-refractivity contribution in [1.29, 1.82) is 0 Å². The molecule has 3 aromatic rings. The van der Waals surface area contributed by atoms with Crippen LogP contribution >= 0.6 is 11.6 Å². The number of rotatable bonds is 8. The van der Waals surface area contributed by atoms with Gasteiger partial charge in [0, 0.05) is 30.3 Å². The van der Waals surface area contributed by atoms with Crippen LogP contribution in [-0.2, 0) is 19.5 Å². The maximum atomic E-state index is 6.16. The molecular formula is C26H30ClN3. The van der Waals surface area contributed by atoms with Gasteiger partial charge in [0.05, 0.1) is 0 Å². The molecule has 1 aliphatic heterocycles. The number of benzene rings is 3. The molecule has 0 bridgehead atoms. The first-order chi connectivity index (χ1) is 14.7. The van der Waals surface area contributed by atoms with Crippen molar-refractivity contribution >= 4 is 17.3 Å². The van der Waals surface area contributed by atoms with Crippen molar-refractivity contribution in [3.8, 4) is 0 Å². The second-order valence-electron chi connectivity index (χ2n) is 8.25. The zero-order chi connectivity index (χ0) is 20.8. The van der Waals surface area contributed by atoms with Crippen LogP contribution in [0.15, 0.2) is 78.9 Å². The largest absolute Gasteiger partial charge is 0.367 e. The average Bonchev–Trinajstić information content (AvgIpc) is 3.21. The molecule has 30 heavy (non-hydrogen) atoms. The Balaban J connectivity index is 1.53. The average molecular weight is 420 g/mol. The van der Waals surface area contributed by atoms with Crippen molar-refractivity contribution in [1.82, 2.24) is 5.32 Å². The van der Waals surface area contributed by atoms with Crippen LogP contribution in [0, 0.1) is 11.8 Å². The predicted octanol–water partition coefficient (Wildman–Crippen LogP) is 4.88. The molecule has 0 amide bonds. The van der Waals surface area contributed by atoms with Crippen molar-refractivity contribution in [2.45, 2.75) is 19.5 Å². The summed E-state index contributed by atoms with van der Waals surface area (Å²) in [6, 6.07) is 27.7. The zero-order valence-corrected chi connectivity index (χ0v) is 18.1. The van der Waals surface area contributed by atoms with Crippen LogP contribution < -0.4 is 16.0 Å². The molecule has 4 heteroatoms. The van der Waals surface area contributed by atoms with Gasteiger partial charge >= 0.3 is 0 Å². The molecule has 1 fully saturated rings. The molecule has 0 spiro atoms.